The quantitative estimate of drug-likeness (QED) is 0.351. The average molecular weight is 410 g/mol. The predicted octanol–water partition coefficient (Wildman–Crippen LogP) is 7.61. The van der Waals surface area contributed by atoms with E-state index in [-0.39, 0.29) is 0 Å². The summed E-state index contributed by atoms with van der Waals surface area (Å²) in [4.78, 5) is 2.40. The Morgan fingerprint density at radius 3 is 1.83 bits per heavy atom. The third-order valence-electron chi connectivity index (χ3n) is 5.22. The Labute approximate surface area is 183 Å². The summed E-state index contributed by atoms with van der Waals surface area (Å²) in [6, 6.07) is 6.24. The number of rotatable bonds is 11. The lowest BCUT2D eigenvalue weighted by Gasteiger charge is -2.23. The monoisotopic (exact) mass is 409 g/mol. The molecule has 0 saturated heterocycles. The summed E-state index contributed by atoms with van der Waals surface area (Å²) in [7, 11) is 0. The number of anilines is 1. The fourth-order valence-corrected chi connectivity index (χ4v) is 3.28. The van der Waals surface area contributed by atoms with E-state index in [2.05, 4.69) is 82.9 Å². The normalized spacial score (nSPS) is 13.3. The Balaban J connectivity index is 2.08. The van der Waals surface area contributed by atoms with E-state index in [1.54, 1.807) is 0 Å². The minimum atomic E-state index is 0.311. The third kappa shape index (κ3) is 8.52. The Bertz CT molecular complexity index is 766. The van der Waals surface area contributed by atoms with Crippen molar-refractivity contribution in [1.29, 1.82) is 0 Å². The van der Waals surface area contributed by atoms with Crippen molar-refractivity contribution >= 4 is 5.69 Å². The van der Waals surface area contributed by atoms with E-state index < -0.39 is 0 Å². The van der Waals surface area contributed by atoms with Gasteiger partial charge < -0.3 is 14.4 Å². The van der Waals surface area contributed by atoms with Crippen LogP contribution in [-0.2, 0) is 0 Å². The van der Waals surface area contributed by atoms with E-state index in [9.17, 15) is 0 Å². The van der Waals surface area contributed by atoms with Crippen LogP contribution in [0.25, 0.3) is 0 Å². The average Bonchev–Trinajstić information content (AvgIpc) is 3.15. The van der Waals surface area contributed by atoms with Gasteiger partial charge in [0.15, 0.2) is 11.5 Å². The van der Waals surface area contributed by atoms with Gasteiger partial charge in [0, 0.05) is 24.8 Å². The summed E-state index contributed by atoms with van der Waals surface area (Å²) in [6.07, 6.45) is 13.8. The molecule has 2 rings (SSSR count). The highest BCUT2D eigenvalue weighted by atomic mass is 16.7. The molecular formula is C27H39NO2. The van der Waals surface area contributed by atoms with Gasteiger partial charge in [0.25, 0.3) is 0 Å². The van der Waals surface area contributed by atoms with Gasteiger partial charge in [0.1, 0.15) is 0 Å². The van der Waals surface area contributed by atoms with E-state index in [4.69, 9.17) is 9.47 Å². The van der Waals surface area contributed by atoms with Crippen molar-refractivity contribution in [2.75, 3.05) is 24.8 Å². The Kier molecular flexibility index (Phi) is 9.79. The number of ether oxygens (including phenoxy) is 2. The fraction of sp³-hybridized carbons (Fsp3) is 0.481. The van der Waals surface area contributed by atoms with Gasteiger partial charge in [-0.15, -0.1) is 0 Å². The molecule has 0 N–H and O–H groups in total. The number of fused-ring (bicyclic) bond motifs is 1. The number of hydrogen-bond donors (Lipinski definition) is 0. The molecule has 0 amide bonds. The van der Waals surface area contributed by atoms with E-state index in [0.717, 1.165) is 50.3 Å². The molecule has 1 aromatic carbocycles. The molecule has 0 atom stereocenters. The number of hydrogen-bond acceptors (Lipinski definition) is 3. The first-order valence-electron chi connectivity index (χ1n) is 11.1. The van der Waals surface area contributed by atoms with Gasteiger partial charge >= 0.3 is 0 Å². The van der Waals surface area contributed by atoms with Gasteiger partial charge in [-0.2, -0.15) is 0 Å². The minimum absolute atomic E-state index is 0.311. The van der Waals surface area contributed by atoms with Gasteiger partial charge in [-0.3, -0.25) is 0 Å². The zero-order valence-corrected chi connectivity index (χ0v) is 19.8. The summed E-state index contributed by atoms with van der Waals surface area (Å²) < 4.78 is 11.1. The topological polar surface area (TPSA) is 21.7 Å². The molecule has 3 nitrogen and oxygen atoms in total. The Hall–Kier alpha value is -2.42. The zero-order valence-electron chi connectivity index (χ0n) is 19.8. The standard InChI is InChI=1S/C27H39NO2/c1-21(2)9-7-11-23(5)15-17-28(18-16-24(6)12-8-10-22(3)4)25-13-14-26-27(19-25)30-20-29-26/h9-10,13-16,19H,7-8,11-12,17-18,20H2,1-6H3/b23-15+,24-16+. The summed E-state index contributed by atoms with van der Waals surface area (Å²) in [5.74, 6) is 1.67. The minimum Gasteiger partial charge on any atom is -0.454 e. The molecule has 0 aliphatic carbocycles. The van der Waals surface area contributed by atoms with Crippen molar-refractivity contribution < 1.29 is 9.47 Å². The summed E-state index contributed by atoms with van der Waals surface area (Å²) in [5, 5.41) is 0. The third-order valence-corrected chi connectivity index (χ3v) is 5.22. The van der Waals surface area contributed by atoms with Crippen LogP contribution in [0.3, 0.4) is 0 Å². The maximum Gasteiger partial charge on any atom is 0.231 e. The molecule has 1 aromatic rings. The molecule has 164 valence electrons. The second kappa shape index (κ2) is 12.3. The van der Waals surface area contributed by atoms with Crippen LogP contribution in [0.5, 0.6) is 11.5 Å². The first-order chi connectivity index (χ1) is 14.3. The Morgan fingerprint density at radius 1 is 0.767 bits per heavy atom. The fourth-order valence-electron chi connectivity index (χ4n) is 3.28. The molecule has 0 radical (unpaired) electrons. The molecule has 0 fully saturated rings. The van der Waals surface area contributed by atoms with Crippen LogP contribution < -0.4 is 14.4 Å². The molecule has 0 unspecified atom stereocenters. The first-order valence-corrected chi connectivity index (χ1v) is 11.1. The molecule has 30 heavy (non-hydrogen) atoms. The highest BCUT2D eigenvalue weighted by Crippen LogP contribution is 2.35. The van der Waals surface area contributed by atoms with Crippen molar-refractivity contribution in [3.63, 3.8) is 0 Å². The van der Waals surface area contributed by atoms with Crippen molar-refractivity contribution in [3.05, 3.63) is 64.8 Å². The second-order valence-electron chi connectivity index (χ2n) is 8.68. The van der Waals surface area contributed by atoms with Crippen molar-refractivity contribution in [3.8, 4) is 11.5 Å². The van der Waals surface area contributed by atoms with Crippen LogP contribution in [-0.4, -0.2) is 19.9 Å². The molecule has 1 heterocycles. The van der Waals surface area contributed by atoms with Gasteiger partial charge in [0.05, 0.1) is 0 Å². The lowest BCUT2D eigenvalue weighted by Crippen LogP contribution is -2.23. The largest absolute Gasteiger partial charge is 0.454 e. The molecule has 0 bridgehead atoms. The van der Waals surface area contributed by atoms with Crippen LogP contribution in [0.2, 0.25) is 0 Å². The van der Waals surface area contributed by atoms with Crippen LogP contribution in [0.15, 0.2) is 64.8 Å². The van der Waals surface area contributed by atoms with Gasteiger partial charge in [-0.05, 0) is 79.4 Å². The van der Waals surface area contributed by atoms with Crippen molar-refractivity contribution in [1.82, 2.24) is 0 Å². The second-order valence-corrected chi connectivity index (χ2v) is 8.68. The van der Waals surface area contributed by atoms with E-state index in [0.29, 0.717) is 6.79 Å². The van der Waals surface area contributed by atoms with Crippen LogP contribution in [0.1, 0.15) is 67.2 Å². The first kappa shape index (κ1) is 23.9. The van der Waals surface area contributed by atoms with Crippen LogP contribution in [0.4, 0.5) is 5.69 Å². The smallest absolute Gasteiger partial charge is 0.231 e. The maximum atomic E-state index is 5.60. The molecule has 0 saturated carbocycles. The summed E-state index contributed by atoms with van der Waals surface area (Å²) >= 11 is 0. The number of allylic oxidation sites excluding steroid dienone is 6. The molecule has 0 aromatic heterocycles. The van der Waals surface area contributed by atoms with Crippen molar-refractivity contribution in [2.45, 2.75) is 67.2 Å². The van der Waals surface area contributed by atoms with E-state index in [1.165, 1.54) is 28.0 Å². The summed E-state index contributed by atoms with van der Waals surface area (Å²) in [6.45, 7) is 15.2. The van der Waals surface area contributed by atoms with E-state index >= 15 is 0 Å². The molecule has 1 aliphatic rings. The SMILES string of the molecule is CC(C)=CCC/C(C)=C/CN(C/C=C(\C)CCC=C(C)C)c1ccc2c(c1)OCO2. The highest BCUT2D eigenvalue weighted by molar-refractivity contribution is 5.58. The lowest BCUT2D eigenvalue weighted by molar-refractivity contribution is 0.174. The van der Waals surface area contributed by atoms with Gasteiger partial charge in [0.2, 0.25) is 6.79 Å². The van der Waals surface area contributed by atoms with Crippen LogP contribution in [0, 0.1) is 0 Å². The van der Waals surface area contributed by atoms with Gasteiger partial charge in [-0.1, -0.05) is 46.6 Å². The predicted molar refractivity (Wildman–Crippen MR) is 130 cm³/mol. The molecule has 1 aliphatic heterocycles. The molecule has 3 heteroatoms. The molecular weight excluding hydrogens is 370 g/mol. The zero-order chi connectivity index (χ0) is 21.9. The van der Waals surface area contributed by atoms with E-state index in [1.807, 2.05) is 6.07 Å². The lowest BCUT2D eigenvalue weighted by atomic mass is 10.1. The number of benzene rings is 1. The number of nitrogens with zero attached hydrogens (tertiary/aromatic N) is 1. The van der Waals surface area contributed by atoms with Crippen molar-refractivity contribution in [2.24, 2.45) is 0 Å². The summed E-state index contributed by atoms with van der Waals surface area (Å²) in [5.41, 5.74) is 6.81. The van der Waals surface area contributed by atoms with Crippen LogP contribution >= 0.6 is 0 Å². The molecule has 0 spiro atoms. The highest BCUT2D eigenvalue weighted by Gasteiger charge is 2.15. The Morgan fingerprint density at radius 2 is 1.30 bits per heavy atom. The maximum absolute atomic E-state index is 5.60. The van der Waals surface area contributed by atoms with Gasteiger partial charge in [-0.25, -0.2) is 0 Å².